The summed E-state index contributed by atoms with van der Waals surface area (Å²) in [5, 5.41) is 19.8. The number of phenolic OH excluding ortho intramolecular Hbond substituents is 1. The van der Waals surface area contributed by atoms with Gasteiger partial charge in [-0.05, 0) is 84.0 Å². The normalized spacial score (nSPS) is 21.9. The molecule has 5 heterocycles. The van der Waals surface area contributed by atoms with Crippen molar-refractivity contribution in [2.45, 2.75) is 38.8 Å². The molecule has 11 nitrogen and oxygen atoms in total. The zero-order valence-corrected chi connectivity index (χ0v) is 31.5. The van der Waals surface area contributed by atoms with Gasteiger partial charge in [-0.15, -0.1) is 11.3 Å². The van der Waals surface area contributed by atoms with Crippen LogP contribution in [0.15, 0.2) is 112 Å². The maximum atomic E-state index is 15.3. The predicted octanol–water partition coefficient (Wildman–Crippen LogP) is 7.10. The van der Waals surface area contributed by atoms with Crippen molar-refractivity contribution >= 4 is 61.4 Å². The number of allylic oxidation sites excluding steroid dienone is 2. The standard InChI is InChI=1S/C42H33ClN6O5S/c1-22-28-19-24(43)14-16-33(28)55-37(22)30-21-34(45(3)44-30)48-38(51)29-20-31-27(17-18-46-40(53)47(41(54)49(31)46)25-10-5-4-6-11-25)36(42(29,2)39(48)52)35-26-12-8-7-9-23(26)13-15-32(35)50/h4-17,19,21,29,31,36,50H,18,20H2,1-3H3/t29-,31+,36+,42+/m0/s1. The maximum Gasteiger partial charge on any atom is 0.352 e. The van der Waals surface area contributed by atoms with Gasteiger partial charge in [0.2, 0.25) is 11.8 Å². The molecule has 0 radical (unpaired) electrons. The van der Waals surface area contributed by atoms with E-state index < -0.39 is 46.5 Å². The lowest BCUT2D eigenvalue weighted by Gasteiger charge is -2.47. The number of nitrogens with zero attached hydrogens (tertiary/aromatic N) is 6. The number of rotatable bonds is 4. The zero-order valence-electron chi connectivity index (χ0n) is 29.9. The summed E-state index contributed by atoms with van der Waals surface area (Å²) < 4.78 is 6.59. The molecule has 1 saturated carbocycles. The first-order valence-corrected chi connectivity index (χ1v) is 19.2. The third-order valence-electron chi connectivity index (χ3n) is 12.0. The van der Waals surface area contributed by atoms with Gasteiger partial charge in [0.25, 0.3) is 0 Å². The number of aromatic nitrogens is 5. The maximum absolute atomic E-state index is 15.3. The number of para-hydroxylation sites is 1. The number of imide groups is 1. The van der Waals surface area contributed by atoms with E-state index in [-0.39, 0.29) is 18.7 Å². The summed E-state index contributed by atoms with van der Waals surface area (Å²) in [7, 11) is 1.71. The summed E-state index contributed by atoms with van der Waals surface area (Å²) in [5.41, 5.74) is 0.816. The number of amides is 2. The third kappa shape index (κ3) is 4.52. The molecule has 4 atom stereocenters. The summed E-state index contributed by atoms with van der Waals surface area (Å²) in [6, 6.07) is 26.5. The van der Waals surface area contributed by atoms with Gasteiger partial charge in [-0.2, -0.15) is 5.10 Å². The number of carbonyl (C=O) groups excluding carboxylic acids is 2. The van der Waals surface area contributed by atoms with Crippen LogP contribution in [-0.4, -0.2) is 40.6 Å². The molecule has 55 heavy (non-hydrogen) atoms. The van der Waals surface area contributed by atoms with E-state index in [1.165, 1.54) is 14.3 Å². The summed E-state index contributed by atoms with van der Waals surface area (Å²) in [5.74, 6) is -2.32. The first-order chi connectivity index (χ1) is 26.5. The van der Waals surface area contributed by atoms with E-state index in [1.54, 1.807) is 66.4 Å². The molecule has 3 aromatic heterocycles. The Morgan fingerprint density at radius 1 is 0.909 bits per heavy atom. The fourth-order valence-corrected chi connectivity index (χ4v) is 10.7. The summed E-state index contributed by atoms with van der Waals surface area (Å²) in [4.78, 5) is 60.7. The molecule has 1 saturated heterocycles. The highest BCUT2D eigenvalue weighted by molar-refractivity contribution is 7.22. The Kier molecular flexibility index (Phi) is 7.18. The predicted molar refractivity (Wildman–Crippen MR) is 212 cm³/mol. The van der Waals surface area contributed by atoms with Crippen LogP contribution in [0.3, 0.4) is 0 Å². The van der Waals surface area contributed by atoms with Gasteiger partial charge in [0.05, 0.1) is 34.5 Å². The van der Waals surface area contributed by atoms with Crippen LogP contribution in [-0.2, 0) is 23.2 Å². The molecule has 2 amide bonds. The molecule has 13 heteroatoms. The molecule has 1 N–H and O–H groups in total. The Balaban J connectivity index is 1.16. The first-order valence-electron chi connectivity index (χ1n) is 18.0. The smallest absolute Gasteiger partial charge is 0.352 e. The van der Waals surface area contributed by atoms with E-state index in [4.69, 9.17) is 16.7 Å². The van der Waals surface area contributed by atoms with Crippen LogP contribution < -0.4 is 16.3 Å². The molecular weight excluding hydrogens is 736 g/mol. The zero-order chi connectivity index (χ0) is 38.1. The lowest BCUT2D eigenvalue weighted by molar-refractivity contribution is -0.129. The van der Waals surface area contributed by atoms with Gasteiger partial charge in [0.1, 0.15) is 17.3 Å². The van der Waals surface area contributed by atoms with E-state index in [1.807, 2.05) is 67.6 Å². The number of aromatic hydroxyl groups is 1. The number of halogens is 1. The van der Waals surface area contributed by atoms with Crippen LogP contribution in [0.5, 0.6) is 5.75 Å². The molecule has 0 bridgehead atoms. The molecule has 7 aromatic rings. The average molecular weight is 769 g/mol. The van der Waals surface area contributed by atoms with Crippen molar-refractivity contribution in [1.29, 1.82) is 0 Å². The molecule has 0 unspecified atom stereocenters. The quantitative estimate of drug-likeness (QED) is 0.151. The molecule has 0 spiro atoms. The van der Waals surface area contributed by atoms with Gasteiger partial charge in [0, 0.05) is 34.3 Å². The minimum Gasteiger partial charge on any atom is -0.508 e. The Morgan fingerprint density at radius 2 is 1.67 bits per heavy atom. The average Bonchev–Trinajstić information content (AvgIpc) is 3.85. The van der Waals surface area contributed by atoms with Crippen LogP contribution in [0.2, 0.25) is 5.02 Å². The molecule has 10 rings (SSSR count). The van der Waals surface area contributed by atoms with E-state index in [2.05, 4.69) is 0 Å². The second kappa shape index (κ2) is 11.8. The number of carbonyl (C=O) groups is 2. The number of hydrogen-bond donors (Lipinski definition) is 1. The highest BCUT2D eigenvalue weighted by Gasteiger charge is 2.66. The lowest BCUT2D eigenvalue weighted by atomic mass is 9.56. The molecule has 3 aliphatic rings. The van der Waals surface area contributed by atoms with Gasteiger partial charge in [0.15, 0.2) is 0 Å². The van der Waals surface area contributed by atoms with Crippen molar-refractivity contribution in [2.24, 2.45) is 18.4 Å². The number of fused-ring (bicyclic) bond motifs is 6. The first kappa shape index (κ1) is 33.6. The summed E-state index contributed by atoms with van der Waals surface area (Å²) in [6.45, 7) is 3.88. The fraction of sp³-hybridized carbons (Fsp3) is 0.214. The van der Waals surface area contributed by atoms with Crippen LogP contribution in [0, 0.1) is 18.3 Å². The van der Waals surface area contributed by atoms with Gasteiger partial charge in [-0.3, -0.25) is 14.3 Å². The number of benzene rings is 4. The van der Waals surface area contributed by atoms with E-state index in [0.717, 1.165) is 35.9 Å². The van der Waals surface area contributed by atoms with Gasteiger partial charge < -0.3 is 5.11 Å². The Hall–Kier alpha value is -5.98. The summed E-state index contributed by atoms with van der Waals surface area (Å²) in [6.07, 6.45) is 1.98. The Morgan fingerprint density at radius 3 is 2.47 bits per heavy atom. The fourth-order valence-electron chi connectivity index (χ4n) is 9.40. The monoisotopic (exact) mass is 768 g/mol. The molecule has 4 aromatic carbocycles. The topological polar surface area (TPSA) is 124 Å². The number of thiophene rings is 1. The lowest BCUT2D eigenvalue weighted by Crippen LogP contribution is -2.49. The Labute approximate surface area is 322 Å². The number of hydrogen-bond acceptors (Lipinski definition) is 7. The van der Waals surface area contributed by atoms with Crippen molar-refractivity contribution in [3.63, 3.8) is 0 Å². The minimum atomic E-state index is -1.39. The van der Waals surface area contributed by atoms with Gasteiger partial charge in [-0.1, -0.05) is 66.2 Å². The van der Waals surface area contributed by atoms with E-state index >= 15 is 4.79 Å². The molecule has 274 valence electrons. The van der Waals surface area contributed by atoms with Crippen molar-refractivity contribution in [3.8, 4) is 22.0 Å². The SMILES string of the molecule is Cc1c(-c2cc(N3C(=O)[C@@H]4C[C@@H]5C(=CCn6c(=O)n(-c7ccccc7)c(=O)n65)[C@H](c5c(O)ccc6ccccc56)[C@]4(C)C3=O)n(C)n2)sc2ccc(Cl)cc12. The Bertz CT molecular complexity index is 2970. The third-order valence-corrected chi connectivity index (χ3v) is 13.5. The number of anilines is 1. The second-order valence-corrected chi connectivity index (χ2v) is 16.3. The van der Waals surface area contributed by atoms with Gasteiger partial charge >= 0.3 is 11.4 Å². The second-order valence-electron chi connectivity index (χ2n) is 14.8. The van der Waals surface area contributed by atoms with Crippen molar-refractivity contribution in [1.82, 2.24) is 23.7 Å². The van der Waals surface area contributed by atoms with Crippen molar-refractivity contribution < 1.29 is 14.7 Å². The van der Waals surface area contributed by atoms with Crippen LogP contribution in [0.4, 0.5) is 5.82 Å². The molecule has 2 aliphatic heterocycles. The van der Waals surface area contributed by atoms with E-state index in [9.17, 15) is 19.5 Å². The number of aryl methyl sites for hydroxylation is 2. The highest BCUT2D eigenvalue weighted by atomic mass is 35.5. The van der Waals surface area contributed by atoms with Crippen molar-refractivity contribution in [2.75, 3.05) is 4.90 Å². The van der Waals surface area contributed by atoms with Crippen molar-refractivity contribution in [3.05, 3.63) is 140 Å². The number of phenols is 1. The highest BCUT2D eigenvalue weighted by Crippen LogP contribution is 2.63. The van der Waals surface area contributed by atoms with Crippen LogP contribution >= 0.6 is 22.9 Å². The minimum absolute atomic E-state index is 0.0238. The molecular formula is C42H33ClN6O5S. The largest absolute Gasteiger partial charge is 0.508 e. The summed E-state index contributed by atoms with van der Waals surface area (Å²) >= 11 is 7.89. The van der Waals surface area contributed by atoms with Crippen LogP contribution in [0.25, 0.3) is 37.1 Å². The van der Waals surface area contributed by atoms with Gasteiger partial charge in [-0.25, -0.2) is 28.4 Å². The van der Waals surface area contributed by atoms with E-state index in [0.29, 0.717) is 33.4 Å². The van der Waals surface area contributed by atoms with Crippen LogP contribution in [0.1, 0.15) is 36.4 Å². The molecule has 1 aliphatic carbocycles. The molecule has 2 fully saturated rings.